The van der Waals surface area contributed by atoms with E-state index in [9.17, 15) is 10.1 Å². The molecule has 0 saturated carbocycles. The summed E-state index contributed by atoms with van der Waals surface area (Å²) in [6, 6.07) is 8.15. The number of furan rings is 1. The lowest BCUT2D eigenvalue weighted by Gasteiger charge is -2.04. The number of nitrogens with zero attached hydrogens (tertiary/aromatic N) is 3. The third-order valence-electron chi connectivity index (χ3n) is 2.52. The average Bonchev–Trinajstić information content (AvgIpc) is 2.98. The molecule has 0 aliphatic carbocycles. The lowest BCUT2D eigenvalue weighted by molar-refractivity contribution is -0.384. The van der Waals surface area contributed by atoms with Crippen molar-refractivity contribution >= 4 is 29.6 Å². The Morgan fingerprint density at radius 2 is 2.23 bits per heavy atom. The predicted molar refractivity (Wildman–Crippen MR) is 84.8 cm³/mol. The van der Waals surface area contributed by atoms with E-state index in [-0.39, 0.29) is 11.6 Å². The molecule has 0 aliphatic heterocycles. The van der Waals surface area contributed by atoms with Crippen LogP contribution in [0.25, 0.3) is 0 Å². The molecule has 0 saturated heterocycles. The van der Waals surface area contributed by atoms with Gasteiger partial charge in [-0.05, 0) is 18.2 Å². The first-order valence-electron chi connectivity index (χ1n) is 6.12. The monoisotopic (exact) mass is 319 g/mol. The molecule has 1 heterocycles. The van der Waals surface area contributed by atoms with Gasteiger partial charge in [-0.25, -0.2) is 0 Å². The molecule has 1 aromatic carbocycles. The van der Waals surface area contributed by atoms with Crippen molar-refractivity contribution in [2.45, 2.75) is 10.6 Å². The van der Waals surface area contributed by atoms with E-state index in [0.29, 0.717) is 11.3 Å². The normalized spacial score (nSPS) is 10.7. The van der Waals surface area contributed by atoms with Gasteiger partial charge in [0.15, 0.2) is 0 Å². The first kappa shape index (κ1) is 15.6. The van der Waals surface area contributed by atoms with Gasteiger partial charge in [-0.3, -0.25) is 10.1 Å². The van der Waals surface area contributed by atoms with Crippen LogP contribution in [0.3, 0.4) is 0 Å². The van der Waals surface area contributed by atoms with Crippen LogP contribution >= 0.6 is 11.8 Å². The van der Waals surface area contributed by atoms with Crippen molar-refractivity contribution in [3.05, 3.63) is 58.0 Å². The summed E-state index contributed by atoms with van der Waals surface area (Å²) in [5.41, 5.74) is 10.9. The number of nitro benzene ring substituents is 1. The minimum absolute atomic E-state index is 0.0338. The Morgan fingerprint density at radius 3 is 2.86 bits per heavy atom. The first-order valence-corrected chi connectivity index (χ1v) is 7.10. The molecule has 0 unspecified atom stereocenters. The Balaban J connectivity index is 2.24. The largest absolute Gasteiger partial charge is 0.468 e. The Hall–Kier alpha value is -2.81. The molecular weight excluding hydrogens is 306 g/mol. The quantitative estimate of drug-likeness (QED) is 0.275. The molecule has 0 spiro atoms. The molecule has 0 amide bonds. The second-order valence-corrected chi connectivity index (χ2v) is 5.13. The van der Waals surface area contributed by atoms with Gasteiger partial charge >= 0.3 is 0 Å². The number of nitro groups is 1. The maximum Gasteiger partial charge on any atom is 0.270 e. The maximum atomic E-state index is 10.9. The van der Waals surface area contributed by atoms with Crippen LogP contribution in [0.4, 0.5) is 5.69 Å². The lowest BCUT2D eigenvalue weighted by Crippen LogP contribution is -2.21. The second kappa shape index (κ2) is 7.27. The smallest absolute Gasteiger partial charge is 0.270 e. The summed E-state index contributed by atoms with van der Waals surface area (Å²) in [5, 5.41) is 18.1. The Morgan fingerprint density at radius 1 is 1.41 bits per heavy atom. The summed E-state index contributed by atoms with van der Waals surface area (Å²) < 4.78 is 5.25. The molecule has 4 N–H and O–H groups in total. The van der Waals surface area contributed by atoms with Crippen LogP contribution in [0.2, 0.25) is 0 Å². The molecule has 0 bridgehead atoms. The van der Waals surface area contributed by atoms with E-state index in [1.807, 2.05) is 6.07 Å². The minimum Gasteiger partial charge on any atom is -0.468 e. The van der Waals surface area contributed by atoms with E-state index in [4.69, 9.17) is 15.9 Å². The zero-order chi connectivity index (χ0) is 15.9. The van der Waals surface area contributed by atoms with Gasteiger partial charge in [0, 0.05) is 22.6 Å². The van der Waals surface area contributed by atoms with Gasteiger partial charge in [0.2, 0.25) is 5.96 Å². The van der Waals surface area contributed by atoms with Crippen molar-refractivity contribution in [3.63, 3.8) is 0 Å². The molecule has 22 heavy (non-hydrogen) atoms. The van der Waals surface area contributed by atoms with Crippen molar-refractivity contribution in [1.29, 1.82) is 0 Å². The number of guanidine groups is 1. The molecule has 2 rings (SSSR count). The van der Waals surface area contributed by atoms with E-state index in [1.165, 1.54) is 30.1 Å². The summed E-state index contributed by atoms with van der Waals surface area (Å²) in [6.45, 7) is 0. The van der Waals surface area contributed by atoms with Crippen LogP contribution in [-0.2, 0) is 5.75 Å². The van der Waals surface area contributed by atoms with E-state index < -0.39 is 4.92 Å². The summed E-state index contributed by atoms with van der Waals surface area (Å²) in [7, 11) is 0. The number of rotatable bonds is 6. The summed E-state index contributed by atoms with van der Waals surface area (Å²) >= 11 is 1.47. The molecule has 114 valence electrons. The van der Waals surface area contributed by atoms with Crippen molar-refractivity contribution in [3.8, 4) is 0 Å². The summed E-state index contributed by atoms with van der Waals surface area (Å²) in [6.07, 6.45) is 2.96. The SMILES string of the molecule is NC(N)=NN=Cc1cc([N+](=O)[O-])ccc1SCc1ccco1. The molecule has 9 heteroatoms. The fraction of sp³-hybridized carbons (Fsp3) is 0.0769. The fourth-order valence-electron chi connectivity index (χ4n) is 1.58. The fourth-order valence-corrected chi connectivity index (χ4v) is 2.49. The number of hydrogen-bond acceptors (Lipinski definition) is 6. The highest BCUT2D eigenvalue weighted by molar-refractivity contribution is 7.98. The van der Waals surface area contributed by atoms with Gasteiger partial charge in [-0.1, -0.05) is 0 Å². The number of non-ortho nitro benzene ring substituents is 1. The van der Waals surface area contributed by atoms with Crippen LogP contribution in [0.5, 0.6) is 0 Å². The van der Waals surface area contributed by atoms with Crippen LogP contribution in [0.15, 0.2) is 56.1 Å². The zero-order valence-electron chi connectivity index (χ0n) is 11.4. The molecular formula is C13H13N5O3S. The highest BCUT2D eigenvalue weighted by Gasteiger charge is 2.10. The predicted octanol–water partition coefficient (Wildman–Crippen LogP) is 2.09. The van der Waals surface area contributed by atoms with Gasteiger partial charge in [0.05, 0.1) is 23.2 Å². The van der Waals surface area contributed by atoms with Gasteiger partial charge in [0.1, 0.15) is 5.76 Å². The number of thioether (sulfide) groups is 1. The zero-order valence-corrected chi connectivity index (χ0v) is 12.2. The molecule has 8 nitrogen and oxygen atoms in total. The third-order valence-corrected chi connectivity index (χ3v) is 3.64. The Labute approximate surface area is 130 Å². The molecule has 0 aliphatic rings. The summed E-state index contributed by atoms with van der Waals surface area (Å²) in [5.74, 6) is 1.20. The lowest BCUT2D eigenvalue weighted by atomic mass is 10.2. The Bertz CT molecular complexity index is 708. The number of nitrogens with two attached hydrogens (primary N) is 2. The Kier molecular flexibility index (Phi) is 5.15. The van der Waals surface area contributed by atoms with Crippen molar-refractivity contribution < 1.29 is 9.34 Å². The van der Waals surface area contributed by atoms with Crippen molar-refractivity contribution in [2.75, 3.05) is 0 Å². The summed E-state index contributed by atoms with van der Waals surface area (Å²) in [4.78, 5) is 11.2. The van der Waals surface area contributed by atoms with E-state index in [0.717, 1.165) is 10.7 Å². The van der Waals surface area contributed by atoms with Crippen LogP contribution in [0.1, 0.15) is 11.3 Å². The second-order valence-electron chi connectivity index (χ2n) is 4.12. The van der Waals surface area contributed by atoms with E-state index in [1.54, 1.807) is 18.4 Å². The van der Waals surface area contributed by atoms with Crippen molar-refractivity contribution in [2.24, 2.45) is 21.7 Å². The van der Waals surface area contributed by atoms with Crippen LogP contribution < -0.4 is 11.5 Å². The molecule has 0 radical (unpaired) electrons. The first-order chi connectivity index (χ1) is 10.6. The topological polar surface area (TPSA) is 133 Å². The van der Waals surface area contributed by atoms with Gasteiger partial charge < -0.3 is 15.9 Å². The molecule has 0 fully saturated rings. The van der Waals surface area contributed by atoms with Gasteiger partial charge in [-0.15, -0.1) is 16.9 Å². The van der Waals surface area contributed by atoms with Gasteiger partial charge in [0.25, 0.3) is 5.69 Å². The molecule has 2 aromatic rings. The maximum absolute atomic E-state index is 10.9. The third kappa shape index (κ3) is 4.35. The standard InChI is InChI=1S/C13H13N5O3S/c14-13(15)17-16-7-9-6-10(18(19)20)3-4-12(9)22-8-11-2-1-5-21-11/h1-7H,8H2,(H4,14,15,17). The highest BCUT2D eigenvalue weighted by atomic mass is 32.2. The molecule has 0 atom stereocenters. The minimum atomic E-state index is -0.473. The van der Waals surface area contributed by atoms with E-state index >= 15 is 0 Å². The van der Waals surface area contributed by atoms with Crippen molar-refractivity contribution in [1.82, 2.24) is 0 Å². The van der Waals surface area contributed by atoms with Gasteiger partial charge in [-0.2, -0.15) is 5.10 Å². The van der Waals surface area contributed by atoms with Crippen LogP contribution in [0, 0.1) is 10.1 Å². The van der Waals surface area contributed by atoms with E-state index in [2.05, 4.69) is 10.2 Å². The molecule has 1 aromatic heterocycles. The number of benzene rings is 1. The average molecular weight is 319 g/mol. The highest BCUT2D eigenvalue weighted by Crippen LogP contribution is 2.28. The number of hydrogen-bond donors (Lipinski definition) is 2. The van der Waals surface area contributed by atoms with Crippen LogP contribution in [-0.4, -0.2) is 17.1 Å².